The lowest BCUT2D eigenvalue weighted by molar-refractivity contribution is -0.120. The third kappa shape index (κ3) is 3.76. The van der Waals surface area contributed by atoms with Crippen molar-refractivity contribution in [2.75, 3.05) is 26.7 Å². The van der Waals surface area contributed by atoms with Gasteiger partial charge < -0.3 is 16.0 Å². The summed E-state index contributed by atoms with van der Waals surface area (Å²) in [5, 5.41) is 3.00. The van der Waals surface area contributed by atoms with E-state index in [4.69, 9.17) is 5.73 Å². The molecule has 16 heavy (non-hydrogen) atoms. The molecule has 0 spiro atoms. The summed E-state index contributed by atoms with van der Waals surface area (Å²) < 4.78 is 0. The van der Waals surface area contributed by atoms with Crippen molar-refractivity contribution in [2.24, 2.45) is 17.6 Å². The number of nitrogens with zero attached hydrogens (tertiary/aromatic N) is 1. The highest BCUT2D eigenvalue weighted by molar-refractivity contribution is 5.80. The Kier molecular flexibility index (Phi) is 3.82. The van der Waals surface area contributed by atoms with Crippen LogP contribution in [0.5, 0.6) is 0 Å². The van der Waals surface area contributed by atoms with Crippen molar-refractivity contribution >= 4 is 5.91 Å². The molecule has 0 saturated heterocycles. The van der Waals surface area contributed by atoms with Gasteiger partial charge in [0.05, 0.1) is 6.04 Å². The normalized spacial score (nSPS) is 22.4. The highest BCUT2D eigenvalue weighted by atomic mass is 16.1. The van der Waals surface area contributed by atoms with Crippen molar-refractivity contribution in [3.63, 3.8) is 0 Å². The number of primary amides is 1. The zero-order valence-electron chi connectivity index (χ0n) is 10.1. The largest absolute Gasteiger partial charge is 0.368 e. The first kappa shape index (κ1) is 11.9. The van der Waals surface area contributed by atoms with Gasteiger partial charge in [0.25, 0.3) is 0 Å². The predicted octanol–water partition coefficient (Wildman–Crippen LogP) is 0.182. The van der Waals surface area contributed by atoms with E-state index < -0.39 is 0 Å². The number of hydrogen-bond donors (Lipinski definition) is 2. The Balaban J connectivity index is 1.80. The minimum Gasteiger partial charge on any atom is -0.368 e. The second kappa shape index (κ2) is 5.15. The van der Waals surface area contributed by atoms with Crippen LogP contribution in [0.4, 0.5) is 0 Å². The van der Waals surface area contributed by atoms with Crippen LogP contribution in [0.3, 0.4) is 0 Å². The molecular weight excluding hydrogens is 202 g/mol. The molecular formula is C12H23N3O. The molecule has 0 aromatic rings. The van der Waals surface area contributed by atoms with Crippen molar-refractivity contribution < 1.29 is 4.79 Å². The maximum absolute atomic E-state index is 11.2. The summed E-state index contributed by atoms with van der Waals surface area (Å²) in [5.41, 5.74) is 5.36. The van der Waals surface area contributed by atoms with Gasteiger partial charge in [-0.1, -0.05) is 0 Å². The van der Waals surface area contributed by atoms with Crippen molar-refractivity contribution in [2.45, 2.75) is 31.7 Å². The fraction of sp³-hybridized carbons (Fsp3) is 0.917. The molecule has 0 radical (unpaired) electrons. The van der Waals surface area contributed by atoms with E-state index in [2.05, 4.69) is 10.2 Å². The Morgan fingerprint density at radius 2 is 1.81 bits per heavy atom. The second-order valence-corrected chi connectivity index (χ2v) is 5.35. The number of carbonyl (C=O) groups is 1. The molecule has 2 aliphatic rings. The van der Waals surface area contributed by atoms with E-state index in [0.29, 0.717) is 0 Å². The van der Waals surface area contributed by atoms with Gasteiger partial charge in [-0.25, -0.2) is 0 Å². The maximum Gasteiger partial charge on any atom is 0.235 e. The summed E-state index contributed by atoms with van der Waals surface area (Å²) >= 11 is 0. The van der Waals surface area contributed by atoms with E-state index in [1.54, 1.807) is 0 Å². The minimum atomic E-state index is -0.237. The standard InChI is InChI=1S/C12H23N3O/c1-14-11(12(13)16)8-15(6-9-2-3-9)7-10-4-5-10/h9-11,14H,2-8H2,1H3,(H2,13,16). The molecule has 1 amide bonds. The molecule has 0 heterocycles. The highest BCUT2D eigenvalue weighted by Gasteiger charge is 2.30. The predicted molar refractivity (Wildman–Crippen MR) is 63.9 cm³/mol. The topological polar surface area (TPSA) is 58.4 Å². The lowest BCUT2D eigenvalue weighted by Gasteiger charge is -2.25. The molecule has 2 aliphatic carbocycles. The maximum atomic E-state index is 11.2. The summed E-state index contributed by atoms with van der Waals surface area (Å²) in [6, 6.07) is -0.197. The summed E-state index contributed by atoms with van der Waals surface area (Å²) in [6.45, 7) is 3.09. The monoisotopic (exact) mass is 225 g/mol. The van der Waals surface area contributed by atoms with Crippen LogP contribution in [-0.4, -0.2) is 43.5 Å². The zero-order valence-corrected chi connectivity index (χ0v) is 10.1. The fourth-order valence-corrected chi connectivity index (χ4v) is 2.14. The van der Waals surface area contributed by atoms with Crippen molar-refractivity contribution in [1.29, 1.82) is 0 Å². The number of carbonyl (C=O) groups excluding carboxylic acids is 1. The molecule has 2 fully saturated rings. The molecule has 4 nitrogen and oxygen atoms in total. The minimum absolute atomic E-state index is 0.197. The number of likely N-dealkylation sites (N-methyl/N-ethyl adjacent to an activating group) is 1. The van der Waals surface area contributed by atoms with Gasteiger partial charge in [0.1, 0.15) is 0 Å². The summed E-state index contributed by atoms with van der Waals surface area (Å²) in [7, 11) is 1.81. The van der Waals surface area contributed by atoms with Gasteiger partial charge in [0, 0.05) is 19.6 Å². The average Bonchev–Trinajstić information content (AvgIpc) is 3.08. The third-order valence-corrected chi connectivity index (χ3v) is 3.56. The van der Waals surface area contributed by atoms with Crippen LogP contribution in [0.2, 0.25) is 0 Å². The van der Waals surface area contributed by atoms with Gasteiger partial charge in [-0.05, 0) is 44.6 Å². The molecule has 0 aliphatic heterocycles. The highest BCUT2D eigenvalue weighted by Crippen LogP contribution is 2.33. The van der Waals surface area contributed by atoms with E-state index in [1.807, 2.05) is 7.05 Å². The van der Waals surface area contributed by atoms with Crippen molar-refractivity contribution in [3.8, 4) is 0 Å². The molecule has 3 N–H and O–H groups in total. The van der Waals surface area contributed by atoms with Crippen LogP contribution in [-0.2, 0) is 4.79 Å². The summed E-state index contributed by atoms with van der Waals surface area (Å²) in [4.78, 5) is 13.6. The smallest absolute Gasteiger partial charge is 0.235 e. The summed E-state index contributed by atoms with van der Waals surface area (Å²) in [6.07, 6.45) is 5.45. The Bertz CT molecular complexity index is 235. The number of rotatable bonds is 8. The van der Waals surface area contributed by atoms with E-state index in [1.165, 1.54) is 25.7 Å². The summed E-state index contributed by atoms with van der Waals surface area (Å²) in [5.74, 6) is 1.52. The van der Waals surface area contributed by atoms with Crippen LogP contribution < -0.4 is 11.1 Å². The van der Waals surface area contributed by atoms with E-state index in [9.17, 15) is 4.79 Å². The van der Waals surface area contributed by atoms with Crippen LogP contribution >= 0.6 is 0 Å². The molecule has 92 valence electrons. The van der Waals surface area contributed by atoms with E-state index in [-0.39, 0.29) is 11.9 Å². The molecule has 1 atom stereocenters. The molecule has 0 aromatic heterocycles. The molecule has 0 aromatic carbocycles. The lowest BCUT2D eigenvalue weighted by atomic mass is 10.2. The van der Waals surface area contributed by atoms with E-state index >= 15 is 0 Å². The first-order chi connectivity index (χ1) is 7.69. The Hall–Kier alpha value is -0.610. The van der Waals surface area contributed by atoms with Crippen molar-refractivity contribution in [3.05, 3.63) is 0 Å². The molecule has 2 saturated carbocycles. The molecule has 0 bridgehead atoms. The Morgan fingerprint density at radius 1 is 1.31 bits per heavy atom. The van der Waals surface area contributed by atoms with Gasteiger partial charge in [-0.15, -0.1) is 0 Å². The zero-order chi connectivity index (χ0) is 11.5. The number of nitrogens with two attached hydrogens (primary N) is 1. The number of hydrogen-bond acceptors (Lipinski definition) is 3. The third-order valence-electron chi connectivity index (χ3n) is 3.56. The van der Waals surface area contributed by atoms with Gasteiger partial charge in [-0.3, -0.25) is 4.79 Å². The Labute approximate surface area is 97.6 Å². The van der Waals surface area contributed by atoms with Crippen LogP contribution in [0.1, 0.15) is 25.7 Å². The first-order valence-corrected chi connectivity index (χ1v) is 6.38. The lowest BCUT2D eigenvalue weighted by Crippen LogP contribution is -2.48. The molecule has 1 unspecified atom stereocenters. The molecule has 4 heteroatoms. The second-order valence-electron chi connectivity index (χ2n) is 5.35. The Morgan fingerprint density at radius 3 is 2.12 bits per heavy atom. The first-order valence-electron chi connectivity index (χ1n) is 6.38. The number of nitrogens with one attached hydrogen (secondary N) is 1. The van der Waals surface area contributed by atoms with Crippen LogP contribution in [0.15, 0.2) is 0 Å². The van der Waals surface area contributed by atoms with Gasteiger partial charge in [0.2, 0.25) is 5.91 Å². The quantitative estimate of drug-likeness (QED) is 0.619. The molecule has 2 rings (SSSR count). The van der Waals surface area contributed by atoms with Crippen LogP contribution in [0.25, 0.3) is 0 Å². The van der Waals surface area contributed by atoms with E-state index in [0.717, 1.165) is 31.5 Å². The van der Waals surface area contributed by atoms with Gasteiger partial charge in [-0.2, -0.15) is 0 Å². The average molecular weight is 225 g/mol. The SMILES string of the molecule is CNC(CN(CC1CC1)CC1CC1)C(N)=O. The van der Waals surface area contributed by atoms with Crippen molar-refractivity contribution in [1.82, 2.24) is 10.2 Å². The fourth-order valence-electron chi connectivity index (χ4n) is 2.14. The van der Waals surface area contributed by atoms with Gasteiger partial charge >= 0.3 is 0 Å². The van der Waals surface area contributed by atoms with Gasteiger partial charge in [0.15, 0.2) is 0 Å². The number of amides is 1. The van der Waals surface area contributed by atoms with Crippen LogP contribution in [0, 0.1) is 11.8 Å².